The maximum absolute atomic E-state index is 11.9. The molecule has 0 fully saturated rings. The molecule has 0 bridgehead atoms. The number of aromatic nitrogens is 2. The molecule has 1 aromatic carbocycles. The van der Waals surface area contributed by atoms with E-state index < -0.39 is 0 Å². The van der Waals surface area contributed by atoms with Crippen LogP contribution >= 0.6 is 11.6 Å². The number of ether oxygens (including phenoxy) is 1. The normalized spacial score (nSPS) is 10.0. The number of carbonyl (C=O) groups is 1. The Hall–Kier alpha value is -2.14. The van der Waals surface area contributed by atoms with Gasteiger partial charge in [-0.05, 0) is 6.07 Å². The zero-order chi connectivity index (χ0) is 13.7. The number of nitrogens with zero attached hydrogens (tertiary/aromatic N) is 2. The number of hydrogen-bond donors (Lipinski definition) is 1. The third-order valence-corrected chi connectivity index (χ3v) is 2.65. The van der Waals surface area contributed by atoms with Crippen molar-refractivity contribution in [3.05, 3.63) is 53.1 Å². The molecular weight excluding hydrogens is 266 g/mol. The van der Waals surface area contributed by atoms with Crippen LogP contribution < -0.4 is 10.1 Å². The van der Waals surface area contributed by atoms with E-state index in [9.17, 15) is 4.79 Å². The van der Waals surface area contributed by atoms with Crippen molar-refractivity contribution in [2.75, 3.05) is 7.11 Å². The zero-order valence-corrected chi connectivity index (χ0v) is 11.0. The molecule has 0 aliphatic heterocycles. The number of carbonyl (C=O) groups excluding carboxylic acids is 1. The number of benzene rings is 1. The summed E-state index contributed by atoms with van der Waals surface area (Å²) in [6.07, 6.45) is 2.74. The van der Waals surface area contributed by atoms with Gasteiger partial charge in [-0.25, -0.2) is 4.98 Å². The van der Waals surface area contributed by atoms with Crippen molar-refractivity contribution in [3.8, 4) is 5.75 Å². The molecule has 5 nitrogen and oxygen atoms in total. The van der Waals surface area contributed by atoms with Gasteiger partial charge in [0.25, 0.3) is 5.91 Å². The molecule has 1 heterocycles. The van der Waals surface area contributed by atoms with E-state index in [-0.39, 0.29) is 16.8 Å². The average Bonchev–Trinajstić information content (AvgIpc) is 2.45. The van der Waals surface area contributed by atoms with E-state index in [2.05, 4.69) is 15.3 Å². The van der Waals surface area contributed by atoms with Gasteiger partial charge in [-0.2, -0.15) is 0 Å². The van der Waals surface area contributed by atoms with Crippen LogP contribution in [0.3, 0.4) is 0 Å². The molecule has 2 rings (SSSR count). The summed E-state index contributed by atoms with van der Waals surface area (Å²) in [5, 5.41) is 2.92. The van der Waals surface area contributed by atoms with Crippen LogP contribution in [0.5, 0.6) is 5.75 Å². The molecule has 19 heavy (non-hydrogen) atoms. The lowest BCUT2D eigenvalue weighted by Gasteiger charge is -2.09. The van der Waals surface area contributed by atoms with E-state index in [1.165, 1.54) is 12.4 Å². The lowest BCUT2D eigenvalue weighted by atomic mass is 10.2. The SMILES string of the molecule is COc1ccccc1CNC(=O)c1cncc(Cl)n1. The second-order valence-electron chi connectivity index (χ2n) is 3.72. The molecule has 0 atom stereocenters. The van der Waals surface area contributed by atoms with Crippen molar-refractivity contribution in [1.29, 1.82) is 0 Å². The maximum atomic E-state index is 11.9. The Balaban J connectivity index is 2.04. The van der Waals surface area contributed by atoms with Crippen LogP contribution in [-0.2, 0) is 6.54 Å². The summed E-state index contributed by atoms with van der Waals surface area (Å²) >= 11 is 5.68. The molecule has 0 spiro atoms. The molecule has 6 heteroatoms. The van der Waals surface area contributed by atoms with Crippen molar-refractivity contribution in [1.82, 2.24) is 15.3 Å². The molecule has 1 N–H and O–H groups in total. The lowest BCUT2D eigenvalue weighted by Crippen LogP contribution is -2.24. The first-order valence-corrected chi connectivity index (χ1v) is 5.96. The van der Waals surface area contributed by atoms with Crippen LogP contribution in [-0.4, -0.2) is 23.0 Å². The molecular formula is C13H12ClN3O2. The van der Waals surface area contributed by atoms with Crippen molar-refractivity contribution < 1.29 is 9.53 Å². The average molecular weight is 278 g/mol. The molecule has 0 aliphatic carbocycles. The van der Waals surface area contributed by atoms with Gasteiger partial charge in [-0.3, -0.25) is 9.78 Å². The van der Waals surface area contributed by atoms with Crippen LogP contribution in [0.1, 0.15) is 16.1 Å². The van der Waals surface area contributed by atoms with Crippen LogP contribution in [0, 0.1) is 0 Å². The number of methoxy groups -OCH3 is 1. The fraction of sp³-hybridized carbons (Fsp3) is 0.154. The third kappa shape index (κ3) is 3.42. The second kappa shape index (κ2) is 6.15. The summed E-state index contributed by atoms with van der Waals surface area (Å²) in [7, 11) is 1.59. The van der Waals surface area contributed by atoms with E-state index in [1.54, 1.807) is 7.11 Å². The predicted octanol–water partition coefficient (Wildman–Crippen LogP) is 2.07. The quantitative estimate of drug-likeness (QED) is 0.929. The highest BCUT2D eigenvalue weighted by Gasteiger charge is 2.09. The van der Waals surface area contributed by atoms with Crippen LogP contribution in [0.2, 0.25) is 5.15 Å². The Labute approximate surface area is 115 Å². The number of nitrogens with one attached hydrogen (secondary N) is 1. The van der Waals surface area contributed by atoms with Gasteiger partial charge in [-0.1, -0.05) is 29.8 Å². The number of halogens is 1. The minimum Gasteiger partial charge on any atom is -0.496 e. The highest BCUT2D eigenvalue weighted by atomic mass is 35.5. The molecule has 0 saturated heterocycles. The van der Waals surface area contributed by atoms with Gasteiger partial charge in [0.15, 0.2) is 0 Å². The summed E-state index contributed by atoms with van der Waals surface area (Å²) in [5.41, 5.74) is 1.07. The van der Waals surface area contributed by atoms with Crippen LogP contribution in [0.15, 0.2) is 36.7 Å². The molecule has 1 aromatic heterocycles. The van der Waals surface area contributed by atoms with Gasteiger partial charge in [-0.15, -0.1) is 0 Å². The van der Waals surface area contributed by atoms with E-state index >= 15 is 0 Å². The largest absolute Gasteiger partial charge is 0.496 e. The summed E-state index contributed by atoms with van der Waals surface area (Å²) in [6.45, 7) is 0.344. The molecule has 98 valence electrons. The molecule has 0 radical (unpaired) electrons. The molecule has 2 aromatic rings. The molecule has 0 unspecified atom stereocenters. The summed E-state index contributed by atoms with van der Waals surface area (Å²) in [5.74, 6) is 0.390. The van der Waals surface area contributed by atoms with E-state index in [0.29, 0.717) is 6.54 Å². The standard InChI is InChI=1S/C13H12ClN3O2/c1-19-11-5-3-2-4-9(11)6-16-13(18)10-7-15-8-12(14)17-10/h2-5,7-8H,6H2,1H3,(H,16,18). The zero-order valence-electron chi connectivity index (χ0n) is 10.3. The Morgan fingerprint density at radius 3 is 2.89 bits per heavy atom. The number of hydrogen-bond acceptors (Lipinski definition) is 4. The minimum atomic E-state index is -0.332. The maximum Gasteiger partial charge on any atom is 0.271 e. The van der Waals surface area contributed by atoms with Gasteiger partial charge >= 0.3 is 0 Å². The van der Waals surface area contributed by atoms with Crippen molar-refractivity contribution in [2.45, 2.75) is 6.54 Å². The highest BCUT2D eigenvalue weighted by Crippen LogP contribution is 2.16. The Morgan fingerprint density at radius 1 is 1.37 bits per heavy atom. The van der Waals surface area contributed by atoms with E-state index in [1.807, 2.05) is 24.3 Å². The van der Waals surface area contributed by atoms with Crippen LogP contribution in [0.25, 0.3) is 0 Å². The Kier molecular flexibility index (Phi) is 4.30. The van der Waals surface area contributed by atoms with Gasteiger partial charge < -0.3 is 10.1 Å². The van der Waals surface area contributed by atoms with Gasteiger partial charge in [0.1, 0.15) is 16.6 Å². The number of para-hydroxylation sites is 1. The molecule has 0 aliphatic rings. The first-order chi connectivity index (χ1) is 9.20. The number of amides is 1. The van der Waals surface area contributed by atoms with Crippen molar-refractivity contribution in [3.63, 3.8) is 0 Å². The van der Waals surface area contributed by atoms with Gasteiger partial charge in [0.2, 0.25) is 0 Å². The fourth-order valence-electron chi connectivity index (χ4n) is 1.57. The predicted molar refractivity (Wildman–Crippen MR) is 71.2 cm³/mol. The summed E-state index contributed by atoms with van der Waals surface area (Å²) < 4.78 is 5.20. The molecule has 1 amide bonds. The first-order valence-electron chi connectivity index (χ1n) is 5.58. The van der Waals surface area contributed by atoms with Gasteiger partial charge in [0, 0.05) is 12.1 Å². The fourth-order valence-corrected chi connectivity index (χ4v) is 1.71. The van der Waals surface area contributed by atoms with Crippen LogP contribution in [0.4, 0.5) is 0 Å². The monoisotopic (exact) mass is 277 g/mol. The van der Waals surface area contributed by atoms with Crippen molar-refractivity contribution >= 4 is 17.5 Å². The topological polar surface area (TPSA) is 64.1 Å². The number of rotatable bonds is 4. The minimum absolute atomic E-state index is 0.183. The third-order valence-electron chi connectivity index (χ3n) is 2.47. The van der Waals surface area contributed by atoms with Crippen molar-refractivity contribution in [2.24, 2.45) is 0 Å². The van der Waals surface area contributed by atoms with E-state index in [0.717, 1.165) is 11.3 Å². The smallest absolute Gasteiger partial charge is 0.271 e. The summed E-state index contributed by atoms with van der Waals surface area (Å²) in [4.78, 5) is 19.6. The second-order valence-corrected chi connectivity index (χ2v) is 4.11. The van der Waals surface area contributed by atoms with E-state index in [4.69, 9.17) is 16.3 Å². The Morgan fingerprint density at radius 2 is 2.16 bits per heavy atom. The first kappa shape index (κ1) is 13.3. The molecule has 0 saturated carbocycles. The van der Waals surface area contributed by atoms with Gasteiger partial charge in [0.05, 0.1) is 19.5 Å². The Bertz CT molecular complexity index is 590. The lowest BCUT2D eigenvalue weighted by molar-refractivity contribution is 0.0945. The summed E-state index contributed by atoms with van der Waals surface area (Å²) in [6, 6.07) is 7.46. The highest BCUT2D eigenvalue weighted by molar-refractivity contribution is 6.29.